The molecule has 1 N–H and O–H groups in total. The van der Waals surface area contributed by atoms with Crippen LogP contribution < -0.4 is 4.74 Å². The second-order valence-electron chi connectivity index (χ2n) is 8.70. The Morgan fingerprint density at radius 2 is 1.95 bits per heavy atom. The fourth-order valence-corrected chi connectivity index (χ4v) is 4.01. The standard InChI is InChI=1S/C26H22F5N5O2/c1-2-3-9-37-15-7-8-17(19(10-15)26(29,30)31)21-11-16(38-35-21)13-36-14-23-22(12-32-36)33-25(34-23)18-5-4-6-20(27)24(18)28/h4-8,10-12H,2-3,9,13-14H2,1H3,(H,33,34). The molecule has 2 aromatic heterocycles. The molecule has 0 radical (unpaired) electrons. The molecule has 7 nitrogen and oxygen atoms in total. The largest absolute Gasteiger partial charge is 0.494 e. The first-order chi connectivity index (χ1) is 18.2. The van der Waals surface area contributed by atoms with E-state index in [1.807, 2.05) is 6.92 Å². The van der Waals surface area contributed by atoms with E-state index in [0.29, 0.717) is 18.0 Å². The van der Waals surface area contributed by atoms with Crippen molar-refractivity contribution in [1.29, 1.82) is 0 Å². The van der Waals surface area contributed by atoms with Crippen molar-refractivity contribution < 1.29 is 31.2 Å². The van der Waals surface area contributed by atoms with Crippen LogP contribution in [0, 0.1) is 11.6 Å². The maximum absolute atomic E-state index is 14.2. The second-order valence-corrected chi connectivity index (χ2v) is 8.70. The number of alkyl halides is 3. The number of halogens is 5. The third-order valence-corrected chi connectivity index (χ3v) is 5.94. The average molecular weight is 531 g/mol. The molecule has 0 aliphatic carbocycles. The Morgan fingerprint density at radius 3 is 2.74 bits per heavy atom. The van der Waals surface area contributed by atoms with Gasteiger partial charge in [0.1, 0.15) is 17.3 Å². The zero-order valence-electron chi connectivity index (χ0n) is 20.1. The summed E-state index contributed by atoms with van der Waals surface area (Å²) in [6.45, 7) is 2.59. The quantitative estimate of drug-likeness (QED) is 0.206. The van der Waals surface area contributed by atoms with Gasteiger partial charge in [-0.2, -0.15) is 18.3 Å². The van der Waals surface area contributed by atoms with E-state index in [1.54, 1.807) is 5.01 Å². The van der Waals surface area contributed by atoms with Crippen LogP contribution in [0.15, 0.2) is 52.1 Å². The topological polar surface area (TPSA) is 79.5 Å². The van der Waals surface area contributed by atoms with Gasteiger partial charge in [0.15, 0.2) is 17.4 Å². The number of imidazole rings is 1. The number of hydrazone groups is 1. The molecule has 0 fully saturated rings. The fraction of sp³-hybridized carbons (Fsp3) is 0.269. The third-order valence-electron chi connectivity index (χ3n) is 5.94. The van der Waals surface area contributed by atoms with Gasteiger partial charge in [0.05, 0.1) is 48.4 Å². The number of benzene rings is 2. The normalized spacial score (nSPS) is 13.2. The molecular weight excluding hydrogens is 509 g/mol. The molecule has 0 bridgehead atoms. The Morgan fingerprint density at radius 1 is 1.11 bits per heavy atom. The van der Waals surface area contributed by atoms with Crippen LogP contribution in [0.5, 0.6) is 5.75 Å². The van der Waals surface area contributed by atoms with Crippen molar-refractivity contribution in [2.75, 3.05) is 6.61 Å². The van der Waals surface area contributed by atoms with Crippen molar-refractivity contribution in [2.45, 2.75) is 39.0 Å². The van der Waals surface area contributed by atoms with Crippen molar-refractivity contribution in [3.05, 3.63) is 76.8 Å². The Balaban J connectivity index is 1.32. The number of unbranched alkanes of at least 4 members (excludes halogenated alkanes) is 1. The Labute approximate surface area is 213 Å². The maximum atomic E-state index is 14.2. The average Bonchev–Trinajstić information content (AvgIpc) is 3.52. The number of nitrogens with zero attached hydrogens (tertiary/aromatic N) is 4. The molecule has 5 rings (SSSR count). The van der Waals surface area contributed by atoms with E-state index >= 15 is 0 Å². The van der Waals surface area contributed by atoms with Gasteiger partial charge in [-0.3, -0.25) is 5.01 Å². The van der Waals surface area contributed by atoms with Gasteiger partial charge in [-0.05, 0) is 36.8 Å². The molecule has 198 valence electrons. The minimum atomic E-state index is -4.62. The van der Waals surface area contributed by atoms with Gasteiger partial charge in [-0.1, -0.05) is 24.6 Å². The molecule has 0 unspecified atom stereocenters. The van der Waals surface area contributed by atoms with Crippen LogP contribution in [0.2, 0.25) is 0 Å². The van der Waals surface area contributed by atoms with Crippen LogP contribution in [-0.4, -0.2) is 33.0 Å². The molecule has 0 atom stereocenters. The highest BCUT2D eigenvalue weighted by Gasteiger charge is 2.35. The van der Waals surface area contributed by atoms with Crippen molar-refractivity contribution in [3.63, 3.8) is 0 Å². The van der Waals surface area contributed by atoms with E-state index in [2.05, 4.69) is 20.2 Å². The van der Waals surface area contributed by atoms with E-state index in [4.69, 9.17) is 9.26 Å². The summed E-state index contributed by atoms with van der Waals surface area (Å²) >= 11 is 0. The number of ether oxygens (including phenoxy) is 1. The predicted molar refractivity (Wildman–Crippen MR) is 128 cm³/mol. The van der Waals surface area contributed by atoms with E-state index in [-0.39, 0.29) is 47.2 Å². The molecule has 3 heterocycles. The molecule has 0 spiro atoms. The number of H-pyrrole nitrogens is 1. The third kappa shape index (κ3) is 5.24. The smallest absolute Gasteiger partial charge is 0.417 e. The molecule has 0 saturated carbocycles. The summed E-state index contributed by atoms with van der Waals surface area (Å²) in [5, 5.41) is 9.69. The summed E-state index contributed by atoms with van der Waals surface area (Å²) in [4.78, 5) is 7.29. The Hall–Kier alpha value is -4.22. The fourth-order valence-electron chi connectivity index (χ4n) is 4.01. The van der Waals surface area contributed by atoms with Crippen LogP contribution in [0.25, 0.3) is 22.6 Å². The lowest BCUT2D eigenvalue weighted by atomic mass is 10.0. The lowest BCUT2D eigenvalue weighted by Crippen LogP contribution is -2.21. The first-order valence-electron chi connectivity index (χ1n) is 11.8. The minimum Gasteiger partial charge on any atom is -0.494 e. The molecular formula is C26H22F5N5O2. The van der Waals surface area contributed by atoms with Crippen molar-refractivity contribution in [3.8, 4) is 28.4 Å². The van der Waals surface area contributed by atoms with Crippen LogP contribution in [0.3, 0.4) is 0 Å². The molecule has 1 aliphatic heterocycles. The van der Waals surface area contributed by atoms with E-state index in [9.17, 15) is 22.0 Å². The summed E-state index contributed by atoms with van der Waals surface area (Å²) in [7, 11) is 0. The van der Waals surface area contributed by atoms with Crippen LogP contribution in [0.4, 0.5) is 22.0 Å². The SMILES string of the molecule is CCCCOc1ccc(-c2cc(CN3Cc4nc(-c5cccc(F)c5F)[nH]c4C=N3)on2)c(C(F)(F)F)c1. The zero-order chi connectivity index (χ0) is 26.9. The lowest BCUT2D eigenvalue weighted by molar-refractivity contribution is -0.137. The van der Waals surface area contributed by atoms with Gasteiger partial charge >= 0.3 is 6.18 Å². The number of nitrogens with one attached hydrogen (secondary N) is 1. The molecule has 4 aromatic rings. The molecule has 12 heteroatoms. The predicted octanol–water partition coefficient (Wildman–Crippen LogP) is 6.56. The molecule has 38 heavy (non-hydrogen) atoms. The Kier molecular flexibility index (Phi) is 6.87. The van der Waals surface area contributed by atoms with Gasteiger partial charge in [-0.15, -0.1) is 0 Å². The number of rotatable bonds is 8. The molecule has 0 saturated heterocycles. The summed E-state index contributed by atoms with van der Waals surface area (Å²) in [5.74, 6) is -1.43. The lowest BCUT2D eigenvalue weighted by Gasteiger charge is -2.19. The van der Waals surface area contributed by atoms with Gasteiger partial charge in [0.2, 0.25) is 0 Å². The number of hydrogen-bond donors (Lipinski definition) is 1. The van der Waals surface area contributed by atoms with Crippen LogP contribution in [0.1, 0.15) is 42.5 Å². The number of aromatic amines is 1. The monoisotopic (exact) mass is 531 g/mol. The minimum absolute atomic E-state index is 0.0125. The van der Waals surface area contributed by atoms with E-state index < -0.39 is 23.4 Å². The molecule has 0 amide bonds. The number of fused-ring (bicyclic) bond motifs is 1. The molecule has 2 aromatic carbocycles. The van der Waals surface area contributed by atoms with Crippen molar-refractivity contribution in [2.24, 2.45) is 5.10 Å². The van der Waals surface area contributed by atoms with Gasteiger partial charge in [0.25, 0.3) is 0 Å². The van der Waals surface area contributed by atoms with Crippen molar-refractivity contribution >= 4 is 6.21 Å². The highest BCUT2D eigenvalue weighted by molar-refractivity contribution is 5.80. The highest BCUT2D eigenvalue weighted by atomic mass is 19.4. The zero-order valence-corrected chi connectivity index (χ0v) is 20.1. The summed E-state index contributed by atoms with van der Waals surface area (Å²) in [6, 6.07) is 8.98. The van der Waals surface area contributed by atoms with E-state index in [1.165, 1.54) is 36.5 Å². The van der Waals surface area contributed by atoms with Gasteiger partial charge in [-0.25, -0.2) is 13.8 Å². The first-order valence-corrected chi connectivity index (χ1v) is 11.8. The van der Waals surface area contributed by atoms with Crippen molar-refractivity contribution in [1.82, 2.24) is 20.1 Å². The summed E-state index contributed by atoms with van der Waals surface area (Å²) in [5.41, 5.74) is 0.0827. The van der Waals surface area contributed by atoms with E-state index in [0.717, 1.165) is 25.0 Å². The maximum Gasteiger partial charge on any atom is 0.417 e. The summed E-state index contributed by atoms with van der Waals surface area (Å²) < 4.78 is 79.9. The van der Waals surface area contributed by atoms with Crippen LogP contribution >= 0.6 is 0 Å². The van der Waals surface area contributed by atoms with Gasteiger partial charge < -0.3 is 14.2 Å². The van der Waals surface area contributed by atoms with Gasteiger partial charge in [0, 0.05) is 11.6 Å². The first kappa shape index (κ1) is 25.4. The second kappa shape index (κ2) is 10.3. The number of hydrogen-bond acceptors (Lipinski definition) is 6. The molecule has 1 aliphatic rings. The van der Waals surface area contributed by atoms with Crippen LogP contribution in [-0.2, 0) is 19.3 Å². The highest BCUT2D eigenvalue weighted by Crippen LogP contribution is 2.39. The Bertz CT molecular complexity index is 1480. The summed E-state index contributed by atoms with van der Waals surface area (Å²) in [6.07, 6.45) is -1.55. The number of aromatic nitrogens is 3.